The van der Waals surface area contributed by atoms with Gasteiger partial charge in [0.15, 0.2) is 11.6 Å². The summed E-state index contributed by atoms with van der Waals surface area (Å²) in [5.41, 5.74) is -0.163. The molecule has 1 aromatic heterocycles. The van der Waals surface area contributed by atoms with Crippen molar-refractivity contribution < 1.29 is 36.6 Å². The maximum Gasteiger partial charge on any atom is 0.573 e. The molecule has 1 N–H and O–H groups in total. The molecule has 0 aliphatic carbocycles. The zero-order chi connectivity index (χ0) is 19.1. The molecule has 0 bridgehead atoms. The number of hydrogen-bond donors (Lipinski definition) is 1. The largest absolute Gasteiger partial charge is 0.573 e. The summed E-state index contributed by atoms with van der Waals surface area (Å²) in [7, 11) is 0. The van der Waals surface area contributed by atoms with E-state index in [0.717, 1.165) is 36.4 Å². The molecule has 3 rings (SSSR count). The molecule has 0 atom stereocenters. The van der Waals surface area contributed by atoms with Gasteiger partial charge in [-0.2, -0.15) is 0 Å². The van der Waals surface area contributed by atoms with Crippen LogP contribution in [0.2, 0.25) is 0 Å². The van der Waals surface area contributed by atoms with Crippen LogP contribution in [-0.2, 0) is 0 Å². The van der Waals surface area contributed by atoms with Gasteiger partial charge in [0.2, 0.25) is 0 Å². The van der Waals surface area contributed by atoms with Gasteiger partial charge in [-0.1, -0.05) is 0 Å². The summed E-state index contributed by atoms with van der Waals surface area (Å²) in [6, 6.07) is 6.99. The van der Waals surface area contributed by atoms with Crippen molar-refractivity contribution in [3.8, 4) is 17.0 Å². The van der Waals surface area contributed by atoms with Crippen LogP contribution in [0.4, 0.5) is 22.0 Å². The number of aromatic nitrogens is 1. The number of carbonyl (C=O) groups is 1. The molecule has 0 amide bonds. The Morgan fingerprint density at radius 3 is 2.35 bits per heavy atom. The predicted octanol–water partition coefficient (Wildman–Crippen LogP) is 4.78. The molecule has 0 radical (unpaired) electrons. The number of ether oxygens (including phenoxy) is 1. The van der Waals surface area contributed by atoms with Crippen LogP contribution in [0.3, 0.4) is 0 Å². The number of pyridine rings is 1. The first-order valence-corrected chi connectivity index (χ1v) is 7.03. The van der Waals surface area contributed by atoms with E-state index < -0.39 is 29.7 Å². The van der Waals surface area contributed by atoms with Gasteiger partial charge in [0.05, 0.1) is 16.8 Å². The van der Waals surface area contributed by atoms with Gasteiger partial charge < -0.3 is 9.84 Å². The Hall–Kier alpha value is -3.23. The van der Waals surface area contributed by atoms with Crippen molar-refractivity contribution in [1.29, 1.82) is 0 Å². The lowest BCUT2D eigenvalue weighted by molar-refractivity contribution is -0.274. The number of carboxylic acid groups (broad SMARTS) is 1. The summed E-state index contributed by atoms with van der Waals surface area (Å²) in [6.45, 7) is 0. The van der Waals surface area contributed by atoms with E-state index in [1.807, 2.05) is 0 Å². The lowest BCUT2D eigenvalue weighted by atomic mass is 10.0. The molecule has 0 saturated heterocycles. The summed E-state index contributed by atoms with van der Waals surface area (Å²) in [6.07, 6.45) is -4.93. The molecule has 0 aliphatic rings. The SMILES string of the molecule is O=C(O)c1cc(-c2ccc(F)c(F)c2)nc2ccc(OC(F)(F)F)cc12. The molecule has 4 nitrogen and oxygen atoms in total. The minimum absolute atomic E-state index is 0.0262. The van der Waals surface area contributed by atoms with Crippen molar-refractivity contribution in [1.82, 2.24) is 4.98 Å². The van der Waals surface area contributed by atoms with Gasteiger partial charge in [0.1, 0.15) is 5.75 Å². The number of rotatable bonds is 3. The average molecular weight is 369 g/mol. The molecule has 134 valence electrons. The Kier molecular flexibility index (Phi) is 4.23. The number of nitrogens with zero attached hydrogens (tertiary/aromatic N) is 1. The third kappa shape index (κ3) is 3.56. The van der Waals surface area contributed by atoms with E-state index in [0.29, 0.717) is 0 Å². The van der Waals surface area contributed by atoms with Crippen molar-refractivity contribution in [3.05, 3.63) is 59.7 Å². The first-order chi connectivity index (χ1) is 12.1. The Bertz CT molecular complexity index is 1020. The standard InChI is InChI=1S/C17H8F5NO3/c18-12-3-1-8(5-13(12)19)15-7-11(16(24)25)10-6-9(26-17(20,21)22)2-4-14(10)23-15/h1-7H,(H,24,25). The fourth-order valence-electron chi connectivity index (χ4n) is 2.38. The molecular formula is C17H8F5NO3. The van der Waals surface area contributed by atoms with Crippen LogP contribution < -0.4 is 4.74 Å². The highest BCUT2D eigenvalue weighted by atomic mass is 19.4. The fourth-order valence-corrected chi connectivity index (χ4v) is 2.38. The van der Waals surface area contributed by atoms with Gasteiger partial charge in [0, 0.05) is 10.9 Å². The second kappa shape index (κ2) is 6.25. The lowest BCUT2D eigenvalue weighted by Crippen LogP contribution is -2.17. The number of benzene rings is 2. The van der Waals surface area contributed by atoms with E-state index in [-0.39, 0.29) is 27.7 Å². The number of fused-ring (bicyclic) bond motifs is 1. The van der Waals surface area contributed by atoms with Crippen LogP contribution in [0, 0.1) is 11.6 Å². The smallest absolute Gasteiger partial charge is 0.478 e. The normalized spacial score (nSPS) is 11.6. The van der Waals surface area contributed by atoms with Crippen molar-refractivity contribution in [2.24, 2.45) is 0 Å². The number of hydrogen-bond acceptors (Lipinski definition) is 3. The van der Waals surface area contributed by atoms with E-state index in [1.54, 1.807) is 0 Å². The highest BCUT2D eigenvalue weighted by Crippen LogP contribution is 2.30. The molecule has 0 fully saturated rings. The molecule has 0 unspecified atom stereocenters. The molecule has 3 aromatic rings. The number of carboxylic acids is 1. The van der Waals surface area contributed by atoms with E-state index in [2.05, 4.69) is 9.72 Å². The molecule has 1 heterocycles. The summed E-state index contributed by atoms with van der Waals surface area (Å²) in [5.74, 6) is -4.25. The maximum atomic E-state index is 13.4. The highest BCUT2D eigenvalue weighted by molar-refractivity contribution is 6.04. The van der Waals surface area contributed by atoms with E-state index in [1.165, 1.54) is 6.07 Å². The van der Waals surface area contributed by atoms with Crippen LogP contribution in [0.5, 0.6) is 5.75 Å². The number of alkyl halides is 3. The molecule has 26 heavy (non-hydrogen) atoms. The van der Waals surface area contributed by atoms with Crippen molar-refractivity contribution in [2.75, 3.05) is 0 Å². The second-order valence-electron chi connectivity index (χ2n) is 5.22. The Morgan fingerprint density at radius 1 is 1.00 bits per heavy atom. The Labute approximate surface area is 142 Å². The zero-order valence-electron chi connectivity index (χ0n) is 12.6. The molecule has 0 aliphatic heterocycles. The third-order valence-electron chi connectivity index (χ3n) is 3.46. The van der Waals surface area contributed by atoms with Gasteiger partial charge in [-0.05, 0) is 42.5 Å². The van der Waals surface area contributed by atoms with Gasteiger partial charge in [-0.25, -0.2) is 18.6 Å². The summed E-state index contributed by atoms with van der Waals surface area (Å²) < 4.78 is 67.3. The lowest BCUT2D eigenvalue weighted by Gasteiger charge is -2.11. The first-order valence-electron chi connectivity index (χ1n) is 7.03. The van der Waals surface area contributed by atoms with E-state index in [9.17, 15) is 31.9 Å². The Balaban J connectivity index is 2.18. The molecule has 9 heteroatoms. The van der Waals surface area contributed by atoms with E-state index >= 15 is 0 Å². The minimum Gasteiger partial charge on any atom is -0.478 e. The van der Waals surface area contributed by atoms with Crippen LogP contribution in [0.25, 0.3) is 22.2 Å². The third-order valence-corrected chi connectivity index (χ3v) is 3.46. The van der Waals surface area contributed by atoms with Crippen molar-refractivity contribution in [2.45, 2.75) is 6.36 Å². The van der Waals surface area contributed by atoms with Crippen LogP contribution >= 0.6 is 0 Å². The highest BCUT2D eigenvalue weighted by Gasteiger charge is 2.31. The van der Waals surface area contributed by atoms with Gasteiger partial charge in [0.25, 0.3) is 0 Å². The van der Waals surface area contributed by atoms with Gasteiger partial charge in [-0.15, -0.1) is 13.2 Å². The van der Waals surface area contributed by atoms with Crippen LogP contribution in [-0.4, -0.2) is 22.4 Å². The minimum atomic E-state index is -4.93. The van der Waals surface area contributed by atoms with Gasteiger partial charge >= 0.3 is 12.3 Å². The van der Waals surface area contributed by atoms with E-state index in [4.69, 9.17) is 0 Å². The van der Waals surface area contributed by atoms with Crippen LogP contribution in [0.15, 0.2) is 42.5 Å². The monoisotopic (exact) mass is 369 g/mol. The summed E-state index contributed by atoms with van der Waals surface area (Å²) in [5, 5.41) is 9.26. The zero-order valence-corrected chi connectivity index (χ0v) is 12.6. The topological polar surface area (TPSA) is 59.4 Å². The Morgan fingerprint density at radius 2 is 1.73 bits per heavy atom. The number of aromatic carboxylic acids is 1. The molecule has 2 aromatic carbocycles. The first kappa shape index (κ1) is 17.6. The molecule has 0 spiro atoms. The quantitative estimate of drug-likeness (QED) is 0.676. The number of halogens is 5. The maximum absolute atomic E-state index is 13.4. The van der Waals surface area contributed by atoms with Crippen molar-refractivity contribution in [3.63, 3.8) is 0 Å². The summed E-state index contributed by atoms with van der Waals surface area (Å²) in [4.78, 5) is 15.6. The summed E-state index contributed by atoms with van der Waals surface area (Å²) >= 11 is 0. The average Bonchev–Trinajstić information content (AvgIpc) is 2.54. The van der Waals surface area contributed by atoms with Crippen LogP contribution in [0.1, 0.15) is 10.4 Å². The van der Waals surface area contributed by atoms with Gasteiger partial charge in [-0.3, -0.25) is 0 Å². The second-order valence-corrected chi connectivity index (χ2v) is 5.22. The van der Waals surface area contributed by atoms with Crippen molar-refractivity contribution >= 4 is 16.9 Å². The molecule has 0 saturated carbocycles. The fraction of sp³-hybridized carbons (Fsp3) is 0.0588. The predicted molar refractivity (Wildman–Crippen MR) is 80.7 cm³/mol. The molecular weight excluding hydrogens is 361 g/mol.